The summed E-state index contributed by atoms with van der Waals surface area (Å²) < 4.78 is 17.8. The van der Waals surface area contributed by atoms with Gasteiger partial charge in [0.05, 0.1) is 26.4 Å². The molecule has 0 aliphatic carbocycles. The third kappa shape index (κ3) is 6.08. The number of fused-ring (bicyclic) bond motifs is 1. The van der Waals surface area contributed by atoms with Crippen LogP contribution in [0.3, 0.4) is 0 Å². The van der Waals surface area contributed by atoms with Gasteiger partial charge in [-0.1, -0.05) is 60.7 Å². The standard InChI is InChI=1S/C23H28N6O4/c24-22-27-20-19(21(30)28-22)26-23(25)29(20)15-33-18(13-31-11-16-7-3-1-4-8-16)14-32-12-17-9-5-2-6-10-17/h1-10,18,23,26H,11-15,25H2,(H3,24,27,28,30). The molecule has 6 N–H and O–H groups in total. The number of H-pyrrole nitrogens is 1. The molecule has 4 rings (SSSR count). The smallest absolute Gasteiger partial charge is 0.277 e. The Morgan fingerprint density at radius 1 is 0.970 bits per heavy atom. The maximum absolute atomic E-state index is 12.1. The van der Waals surface area contributed by atoms with Crippen LogP contribution in [0, 0.1) is 0 Å². The van der Waals surface area contributed by atoms with Crippen molar-refractivity contribution in [3.8, 4) is 0 Å². The highest BCUT2D eigenvalue weighted by molar-refractivity contribution is 5.71. The first-order chi connectivity index (χ1) is 16.1. The lowest BCUT2D eigenvalue weighted by atomic mass is 10.2. The van der Waals surface area contributed by atoms with Crippen molar-refractivity contribution in [2.45, 2.75) is 25.6 Å². The third-order valence-electron chi connectivity index (χ3n) is 5.10. The summed E-state index contributed by atoms with van der Waals surface area (Å²) in [5.74, 6) is 0.353. The normalized spacial score (nSPS) is 15.0. The Labute approximate surface area is 191 Å². The molecule has 0 spiro atoms. The predicted octanol–water partition coefficient (Wildman–Crippen LogP) is 1.60. The fraction of sp³-hybridized carbons (Fsp3) is 0.304. The Balaban J connectivity index is 1.36. The molecule has 10 nitrogen and oxygen atoms in total. The summed E-state index contributed by atoms with van der Waals surface area (Å²) in [4.78, 5) is 20.4. The quantitative estimate of drug-likeness (QED) is 0.341. The topological polar surface area (TPSA) is 141 Å². The van der Waals surface area contributed by atoms with E-state index < -0.39 is 6.29 Å². The van der Waals surface area contributed by atoms with Gasteiger partial charge in [0, 0.05) is 0 Å². The number of benzene rings is 2. The van der Waals surface area contributed by atoms with Gasteiger partial charge in [0.25, 0.3) is 5.56 Å². The minimum atomic E-state index is -0.675. The van der Waals surface area contributed by atoms with E-state index in [0.29, 0.717) is 32.2 Å². The number of rotatable bonds is 11. The SMILES string of the molecule is Nc1nc2c(c(=O)[nH]1)NC(N)N2COC(COCc1ccccc1)COCc1ccccc1. The van der Waals surface area contributed by atoms with Crippen LogP contribution in [0.4, 0.5) is 17.5 Å². The summed E-state index contributed by atoms with van der Waals surface area (Å²) in [6.07, 6.45) is -1.04. The highest BCUT2D eigenvalue weighted by atomic mass is 16.6. The van der Waals surface area contributed by atoms with Crippen LogP contribution in [0.1, 0.15) is 11.1 Å². The molecule has 3 aromatic rings. The summed E-state index contributed by atoms with van der Waals surface area (Å²) in [6, 6.07) is 19.8. The number of hydrogen-bond acceptors (Lipinski definition) is 9. The number of aromatic amines is 1. The molecule has 2 heterocycles. The molecule has 0 bridgehead atoms. The van der Waals surface area contributed by atoms with Gasteiger partial charge in [-0.3, -0.25) is 20.4 Å². The largest absolute Gasteiger partial charge is 0.374 e. The molecular weight excluding hydrogens is 424 g/mol. The van der Waals surface area contributed by atoms with E-state index in [4.69, 9.17) is 25.7 Å². The molecule has 1 aromatic heterocycles. The second-order valence-electron chi connectivity index (χ2n) is 7.63. The van der Waals surface area contributed by atoms with E-state index in [1.807, 2.05) is 60.7 Å². The fourth-order valence-electron chi connectivity index (χ4n) is 3.41. The van der Waals surface area contributed by atoms with Gasteiger partial charge in [0.2, 0.25) is 5.95 Å². The Hall–Kier alpha value is -3.44. The van der Waals surface area contributed by atoms with Crippen molar-refractivity contribution in [2.75, 3.05) is 35.9 Å². The van der Waals surface area contributed by atoms with Crippen molar-refractivity contribution in [3.63, 3.8) is 0 Å². The van der Waals surface area contributed by atoms with Crippen LogP contribution in [0.5, 0.6) is 0 Å². The molecule has 0 amide bonds. The highest BCUT2D eigenvalue weighted by Crippen LogP contribution is 2.27. The van der Waals surface area contributed by atoms with Crippen molar-refractivity contribution in [2.24, 2.45) is 5.73 Å². The number of nitrogens with two attached hydrogens (primary N) is 2. The van der Waals surface area contributed by atoms with Gasteiger partial charge < -0.3 is 25.3 Å². The summed E-state index contributed by atoms with van der Waals surface area (Å²) in [6.45, 7) is 1.63. The van der Waals surface area contributed by atoms with Crippen LogP contribution in [0.15, 0.2) is 65.5 Å². The van der Waals surface area contributed by atoms with Crippen molar-refractivity contribution in [3.05, 3.63) is 82.1 Å². The average Bonchev–Trinajstić information content (AvgIpc) is 3.14. The minimum absolute atomic E-state index is 0.00795. The molecule has 2 aromatic carbocycles. The molecule has 0 saturated heterocycles. The van der Waals surface area contributed by atoms with E-state index in [-0.39, 0.29) is 30.0 Å². The fourth-order valence-corrected chi connectivity index (χ4v) is 3.41. The summed E-state index contributed by atoms with van der Waals surface area (Å²) in [5.41, 5.74) is 13.8. The Morgan fingerprint density at radius 3 is 2.12 bits per heavy atom. The molecule has 0 radical (unpaired) electrons. The Kier molecular flexibility index (Phi) is 7.53. The summed E-state index contributed by atoms with van der Waals surface area (Å²) >= 11 is 0. The van der Waals surface area contributed by atoms with Crippen molar-refractivity contribution < 1.29 is 14.2 Å². The van der Waals surface area contributed by atoms with E-state index in [2.05, 4.69) is 15.3 Å². The number of nitrogen functional groups attached to an aromatic ring is 1. The second kappa shape index (κ2) is 10.9. The van der Waals surface area contributed by atoms with Crippen LogP contribution in [0.25, 0.3) is 0 Å². The number of aromatic nitrogens is 2. The van der Waals surface area contributed by atoms with E-state index >= 15 is 0 Å². The van der Waals surface area contributed by atoms with E-state index in [0.717, 1.165) is 11.1 Å². The lowest BCUT2D eigenvalue weighted by Gasteiger charge is -2.26. The van der Waals surface area contributed by atoms with Crippen molar-refractivity contribution >= 4 is 17.5 Å². The first-order valence-corrected chi connectivity index (χ1v) is 10.6. The molecule has 33 heavy (non-hydrogen) atoms. The number of nitrogens with one attached hydrogen (secondary N) is 2. The van der Waals surface area contributed by atoms with Gasteiger partial charge in [0.1, 0.15) is 18.5 Å². The van der Waals surface area contributed by atoms with Crippen molar-refractivity contribution in [1.82, 2.24) is 9.97 Å². The van der Waals surface area contributed by atoms with Gasteiger partial charge in [-0.25, -0.2) is 0 Å². The lowest BCUT2D eigenvalue weighted by molar-refractivity contribution is -0.0668. The van der Waals surface area contributed by atoms with Gasteiger partial charge in [-0.05, 0) is 11.1 Å². The maximum atomic E-state index is 12.1. The molecule has 1 atom stereocenters. The van der Waals surface area contributed by atoms with Gasteiger partial charge in [0.15, 0.2) is 12.1 Å². The monoisotopic (exact) mass is 452 g/mol. The first-order valence-electron chi connectivity index (χ1n) is 10.6. The lowest BCUT2D eigenvalue weighted by Crippen LogP contribution is -2.46. The number of ether oxygens (including phenoxy) is 3. The molecule has 1 aliphatic heterocycles. The molecule has 174 valence electrons. The predicted molar refractivity (Wildman–Crippen MR) is 125 cm³/mol. The Bertz CT molecular complexity index is 1030. The van der Waals surface area contributed by atoms with Crippen LogP contribution in [0.2, 0.25) is 0 Å². The zero-order chi connectivity index (χ0) is 23.0. The van der Waals surface area contributed by atoms with Crippen LogP contribution < -0.4 is 27.2 Å². The molecule has 1 unspecified atom stereocenters. The van der Waals surface area contributed by atoms with Crippen molar-refractivity contribution in [1.29, 1.82) is 0 Å². The van der Waals surface area contributed by atoms with Gasteiger partial charge in [-0.2, -0.15) is 4.98 Å². The average molecular weight is 453 g/mol. The first kappa shape index (κ1) is 22.7. The zero-order valence-electron chi connectivity index (χ0n) is 18.1. The van der Waals surface area contributed by atoms with E-state index in [1.54, 1.807) is 4.90 Å². The number of hydrogen-bond donors (Lipinski definition) is 4. The highest BCUT2D eigenvalue weighted by Gasteiger charge is 2.31. The molecule has 10 heteroatoms. The van der Waals surface area contributed by atoms with E-state index in [1.165, 1.54) is 0 Å². The molecular formula is C23H28N6O4. The number of anilines is 3. The second-order valence-corrected chi connectivity index (χ2v) is 7.63. The zero-order valence-corrected chi connectivity index (χ0v) is 18.1. The molecule has 0 fully saturated rings. The van der Waals surface area contributed by atoms with E-state index in [9.17, 15) is 4.79 Å². The summed E-state index contributed by atoms with van der Waals surface area (Å²) in [5, 5.41) is 2.90. The molecule has 0 saturated carbocycles. The number of nitrogens with zero attached hydrogens (tertiary/aromatic N) is 2. The maximum Gasteiger partial charge on any atom is 0.277 e. The minimum Gasteiger partial charge on any atom is -0.374 e. The van der Waals surface area contributed by atoms with Crippen LogP contribution in [-0.4, -0.2) is 42.3 Å². The van der Waals surface area contributed by atoms with Crippen LogP contribution in [-0.2, 0) is 27.4 Å². The van der Waals surface area contributed by atoms with Gasteiger partial charge in [-0.15, -0.1) is 0 Å². The Morgan fingerprint density at radius 2 is 1.55 bits per heavy atom. The van der Waals surface area contributed by atoms with Gasteiger partial charge >= 0.3 is 0 Å². The van der Waals surface area contributed by atoms with Crippen LogP contribution >= 0.6 is 0 Å². The summed E-state index contributed by atoms with van der Waals surface area (Å²) in [7, 11) is 0. The third-order valence-corrected chi connectivity index (χ3v) is 5.10. The molecule has 1 aliphatic rings.